The highest BCUT2D eigenvalue weighted by Crippen LogP contribution is 2.21. The number of para-hydroxylation sites is 1. The molecular weight excluding hydrogens is 406 g/mol. The summed E-state index contributed by atoms with van der Waals surface area (Å²) in [6.45, 7) is 8.86. The zero-order chi connectivity index (χ0) is 21.1. The third kappa shape index (κ3) is 5.12. The Morgan fingerprint density at radius 1 is 1.20 bits per heavy atom. The van der Waals surface area contributed by atoms with Crippen molar-refractivity contribution in [2.45, 2.75) is 39.8 Å². The Bertz CT molecular complexity index is 871. The van der Waals surface area contributed by atoms with Crippen LogP contribution in [0.4, 0.5) is 4.79 Å². The van der Waals surface area contributed by atoms with Crippen LogP contribution in [0.15, 0.2) is 36.4 Å². The van der Waals surface area contributed by atoms with Gasteiger partial charge in [0.1, 0.15) is 0 Å². The number of ether oxygens (including phenoxy) is 1. The van der Waals surface area contributed by atoms with Crippen LogP contribution in [0.25, 0.3) is 5.69 Å². The van der Waals surface area contributed by atoms with Gasteiger partial charge in [-0.15, -0.1) is 12.4 Å². The minimum Gasteiger partial charge on any atom is -0.391 e. The summed E-state index contributed by atoms with van der Waals surface area (Å²) >= 11 is 0. The zero-order valence-corrected chi connectivity index (χ0v) is 18.6. The molecule has 2 heterocycles. The van der Waals surface area contributed by atoms with E-state index in [4.69, 9.17) is 10.5 Å². The first-order valence-electron chi connectivity index (χ1n) is 9.93. The Morgan fingerprint density at radius 3 is 2.47 bits per heavy atom. The van der Waals surface area contributed by atoms with Gasteiger partial charge in [-0.25, -0.2) is 9.48 Å². The molecule has 2 atom stereocenters. The van der Waals surface area contributed by atoms with E-state index < -0.39 is 12.1 Å². The number of hydrogen-bond donors (Lipinski definition) is 1. The number of aryl methyl sites for hydroxylation is 1. The quantitative estimate of drug-likeness (QED) is 0.796. The first-order chi connectivity index (χ1) is 13.8. The maximum absolute atomic E-state index is 12.8. The molecule has 1 aromatic heterocycles. The van der Waals surface area contributed by atoms with E-state index in [1.807, 2.05) is 58.0 Å². The highest BCUT2D eigenvalue weighted by Gasteiger charge is 2.34. The van der Waals surface area contributed by atoms with Crippen LogP contribution < -0.4 is 10.5 Å². The Morgan fingerprint density at radius 2 is 1.87 bits per heavy atom. The average Bonchev–Trinajstić information content (AvgIpc) is 3.07. The minimum atomic E-state index is -0.529. The van der Waals surface area contributed by atoms with Gasteiger partial charge in [0.05, 0.1) is 17.4 Å². The summed E-state index contributed by atoms with van der Waals surface area (Å²) < 4.78 is 7.26. The molecule has 0 aliphatic carbocycles. The van der Waals surface area contributed by atoms with Crippen molar-refractivity contribution in [3.63, 3.8) is 0 Å². The minimum absolute atomic E-state index is 0. The van der Waals surface area contributed by atoms with Gasteiger partial charge in [-0.05, 0) is 31.9 Å². The van der Waals surface area contributed by atoms with Gasteiger partial charge >= 0.3 is 6.09 Å². The first-order valence-corrected chi connectivity index (χ1v) is 9.93. The number of rotatable bonds is 4. The fourth-order valence-corrected chi connectivity index (χ4v) is 3.38. The van der Waals surface area contributed by atoms with E-state index in [0.717, 1.165) is 11.4 Å². The van der Waals surface area contributed by atoms with Crippen LogP contribution in [0.2, 0.25) is 0 Å². The highest BCUT2D eigenvalue weighted by atomic mass is 35.5. The molecule has 2 amide bonds. The van der Waals surface area contributed by atoms with Crippen molar-refractivity contribution in [3.05, 3.63) is 42.1 Å². The van der Waals surface area contributed by atoms with Gasteiger partial charge in [-0.1, -0.05) is 32.0 Å². The SMILES string of the molecule is Cc1cc(OC(=O)N2CCN(C(=O)C(N)C(C)C)[C@@H](C)C2)n(-c2ccccc2)n1.Cl. The van der Waals surface area contributed by atoms with Gasteiger partial charge in [-0.2, -0.15) is 5.10 Å². The molecule has 2 N–H and O–H groups in total. The number of piperazine rings is 1. The molecule has 0 saturated carbocycles. The molecule has 1 unspecified atom stereocenters. The molecule has 1 aliphatic rings. The van der Waals surface area contributed by atoms with Gasteiger partial charge in [0.25, 0.3) is 0 Å². The molecule has 1 aromatic carbocycles. The van der Waals surface area contributed by atoms with E-state index in [2.05, 4.69) is 5.10 Å². The monoisotopic (exact) mass is 435 g/mol. The van der Waals surface area contributed by atoms with Gasteiger partial charge in [0.2, 0.25) is 11.8 Å². The first kappa shape index (κ1) is 23.7. The molecule has 164 valence electrons. The van der Waals surface area contributed by atoms with Gasteiger partial charge in [-0.3, -0.25) is 4.79 Å². The number of halogens is 1. The summed E-state index contributed by atoms with van der Waals surface area (Å²) in [5, 5.41) is 4.42. The van der Waals surface area contributed by atoms with Crippen LogP contribution in [-0.2, 0) is 4.79 Å². The van der Waals surface area contributed by atoms with E-state index in [1.165, 1.54) is 0 Å². The summed E-state index contributed by atoms with van der Waals surface area (Å²) in [5.41, 5.74) is 7.59. The van der Waals surface area contributed by atoms with Crippen LogP contribution in [0.1, 0.15) is 26.5 Å². The summed E-state index contributed by atoms with van der Waals surface area (Å²) in [6.07, 6.45) is -0.450. The zero-order valence-electron chi connectivity index (χ0n) is 17.8. The third-order valence-corrected chi connectivity index (χ3v) is 5.16. The van der Waals surface area contributed by atoms with Gasteiger partial charge in [0.15, 0.2) is 0 Å². The molecule has 1 saturated heterocycles. The van der Waals surface area contributed by atoms with E-state index in [1.54, 1.807) is 20.5 Å². The van der Waals surface area contributed by atoms with Crippen molar-refractivity contribution >= 4 is 24.4 Å². The summed E-state index contributed by atoms with van der Waals surface area (Å²) in [4.78, 5) is 28.7. The Kier molecular flexibility index (Phi) is 7.86. The molecule has 30 heavy (non-hydrogen) atoms. The molecule has 0 bridgehead atoms. The van der Waals surface area contributed by atoms with Gasteiger partial charge < -0.3 is 20.3 Å². The van der Waals surface area contributed by atoms with Crippen LogP contribution in [-0.4, -0.2) is 63.3 Å². The molecule has 2 aromatic rings. The summed E-state index contributed by atoms with van der Waals surface area (Å²) in [7, 11) is 0. The number of hydrogen-bond acceptors (Lipinski definition) is 5. The largest absolute Gasteiger partial charge is 0.416 e. The number of amides is 2. The average molecular weight is 436 g/mol. The van der Waals surface area contributed by atoms with Gasteiger partial charge in [0, 0.05) is 31.7 Å². The summed E-state index contributed by atoms with van der Waals surface area (Å²) in [6, 6.07) is 10.6. The standard InChI is InChI=1S/C21H29N5O3.ClH/c1-14(2)19(22)20(27)25-11-10-24(13-16(25)4)21(28)29-18-12-15(3)23-26(18)17-8-6-5-7-9-17;/h5-9,12,14,16,19H,10-11,13,22H2,1-4H3;1H/t16-,19?;/m0./s1. The lowest BCUT2D eigenvalue weighted by atomic mass is 10.0. The lowest BCUT2D eigenvalue weighted by Gasteiger charge is -2.40. The smallest absolute Gasteiger partial charge is 0.391 e. The Balaban J connectivity index is 0.00000320. The highest BCUT2D eigenvalue weighted by molar-refractivity contribution is 5.85. The normalized spacial score (nSPS) is 17.5. The number of nitrogens with zero attached hydrogens (tertiary/aromatic N) is 4. The van der Waals surface area contributed by atoms with Crippen molar-refractivity contribution in [2.24, 2.45) is 11.7 Å². The molecule has 8 nitrogen and oxygen atoms in total. The Hall–Kier alpha value is -2.58. The second kappa shape index (κ2) is 9.95. The topological polar surface area (TPSA) is 93.7 Å². The number of carbonyl (C=O) groups is 2. The van der Waals surface area contributed by atoms with Crippen LogP contribution in [0.5, 0.6) is 5.88 Å². The van der Waals surface area contributed by atoms with Crippen molar-refractivity contribution in [2.75, 3.05) is 19.6 Å². The molecule has 3 rings (SSSR count). The number of nitrogens with two attached hydrogens (primary N) is 1. The molecule has 0 spiro atoms. The lowest BCUT2D eigenvalue weighted by Crippen LogP contribution is -2.59. The fraction of sp³-hybridized carbons (Fsp3) is 0.476. The lowest BCUT2D eigenvalue weighted by molar-refractivity contribution is -0.137. The van der Waals surface area contributed by atoms with Crippen molar-refractivity contribution in [1.82, 2.24) is 19.6 Å². The van der Waals surface area contributed by atoms with Crippen LogP contribution in [0.3, 0.4) is 0 Å². The molecule has 9 heteroatoms. The second-order valence-electron chi connectivity index (χ2n) is 7.84. The third-order valence-electron chi connectivity index (χ3n) is 5.16. The van der Waals surface area contributed by atoms with Crippen LogP contribution in [0, 0.1) is 12.8 Å². The second-order valence-corrected chi connectivity index (χ2v) is 7.84. The maximum Gasteiger partial charge on any atom is 0.416 e. The number of aromatic nitrogens is 2. The van der Waals surface area contributed by atoms with Crippen molar-refractivity contribution in [3.8, 4) is 11.6 Å². The molecule has 1 fully saturated rings. The van der Waals surface area contributed by atoms with Crippen molar-refractivity contribution in [1.29, 1.82) is 0 Å². The Labute approximate surface area is 183 Å². The van der Waals surface area contributed by atoms with Crippen LogP contribution >= 0.6 is 12.4 Å². The number of carbonyl (C=O) groups excluding carboxylic acids is 2. The van der Waals surface area contributed by atoms with E-state index in [9.17, 15) is 9.59 Å². The molecule has 0 radical (unpaired) electrons. The maximum atomic E-state index is 12.8. The van der Waals surface area contributed by atoms with Crippen molar-refractivity contribution < 1.29 is 14.3 Å². The predicted molar refractivity (Wildman–Crippen MR) is 117 cm³/mol. The number of benzene rings is 1. The molecule has 1 aliphatic heterocycles. The van der Waals surface area contributed by atoms with E-state index in [0.29, 0.717) is 25.5 Å². The van der Waals surface area contributed by atoms with E-state index in [-0.39, 0.29) is 30.3 Å². The predicted octanol–water partition coefficient (Wildman–Crippen LogP) is 2.62. The molecular formula is C21H30ClN5O3. The summed E-state index contributed by atoms with van der Waals surface area (Å²) in [5.74, 6) is 0.365. The van der Waals surface area contributed by atoms with E-state index >= 15 is 0 Å². The fourth-order valence-electron chi connectivity index (χ4n) is 3.38.